The van der Waals surface area contributed by atoms with Gasteiger partial charge in [0.1, 0.15) is 0 Å². The minimum absolute atomic E-state index is 0.346. The summed E-state index contributed by atoms with van der Waals surface area (Å²) in [6.45, 7) is 4.08. The largest absolute Gasteiger partial charge is 0.341 e. The minimum atomic E-state index is 0.346. The van der Waals surface area contributed by atoms with E-state index in [1.165, 1.54) is 25.8 Å². The molecule has 3 heteroatoms. The topological polar surface area (TPSA) is 23.6 Å². The Kier molecular flexibility index (Phi) is 4.60. The van der Waals surface area contributed by atoms with Gasteiger partial charge in [-0.05, 0) is 38.6 Å². The fraction of sp³-hybridized carbons (Fsp3) is 0.786. The van der Waals surface area contributed by atoms with Gasteiger partial charge in [-0.1, -0.05) is 12.2 Å². The molecule has 1 saturated heterocycles. The van der Waals surface area contributed by atoms with Crippen molar-refractivity contribution in [2.24, 2.45) is 5.92 Å². The smallest absolute Gasteiger partial charge is 0.222 e. The van der Waals surface area contributed by atoms with Gasteiger partial charge in [0.05, 0.1) is 0 Å². The standard InChI is InChI=1S/C14H24N2O/c1-15(12-13-6-3-2-4-7-13)10-11-16-9-5-8-14(16)17/h2-3,13H,4-12H2,1H3/t13-/m0/s1. The van der Waals surface area contributed by atoms with Gasteiger partial charge in [0, 0.05) is 32.6 Å². The monoisotopic (exact) mass is 236 g/mol. The Hall–Kier alpha value is -0.830. The van der Waals surface area contributed by atoms with Crippen LogP contribution < -0.4 is 0 Å². The highest BCUT2D eigenvalue weighted by Crippen LogP contribution is 2.18. The molecule has 1 aliphatic heterocycles. The first-order valence-electron chi connectivity index (χ1n) is 6.87. The Labute approximate surface area is 104 Å². The molecule has 0 aromatic carbocycles. The molecule has 0 N–H and O–H groups in total. The summed E-state index contributed by atoms with van der Waals surface area (Å²) in [5.74, 6) is 1.17. The zero-order valence-electron chi connectivity index (χ0n) is 10.9. The van der Waals surface area contributed by atoms with Crippen molar-refractivity contribution >= 4 is 5.91 Å². The lowest BCUT2D eigenvalue weighted by Crippen LogP contribution is -2.36. The van der Waals surface area contributed by atoms with Crippen LogP contribution in [-0.4, -0.2) is 48.9 Å². The van der Waals surface area contributed by atoms with Gasteiger partial charge in [-0.15, -0.1) is 0 Å². The summed E-state index contributed by atoms with van der Waals surface area (Å²) in [5, 5.41) is 0. The molecule has 17 heavy (non-hydrogen) atoms. The second kappa shape index (κ2) is 6.20. The molecule has 0 radical (unpaired) electrons. The number of likely N-dealkylation sites (tertiary alicyclic amines) is 1. The summed E-state index contributed by atoms with van der Waals surface area (Å²) in [4.78, 5) is 15.9. The number of amides is 1. The van der Waals surface area contributed by atoms with E-state index >= 15 is 0 Å². The first kappa shape index (κ1) is 12.6. The van der Waals surface area contributed by atoms with E-state index in [0.717, 1.165) is 38.4 Å². The fourth-order valence-electron chi connectivity index (χ4n) is 2.79. The number of hydrogen-bond donors (Lipinski definition) is 0. The number of hydrogen-bond acceptors (Lipinski definition) is 2. The third-order valence-electron chi connectivity index (χ3n) is 3.87. The second-order valence-electron chi connectivity index (χ2n) is 5.40. The SMILES string of the molecule is CN(CCN1CCCC1=O)C[C@H]1CC=CCC1. The van der Waals surface area contributed by atoms with E-state index in [-0.39, 0.29) is 0 Å². The van der Waals surface area contributed by atoms with E-state index in [1.807, 2.05) is 4.90 Å². The van der Waals surface area contributed by atoms with Crippen molar-refractivity contribution in [3.63, 3.8) is 0 Å². The predicted molar refractivity (Wildman–Crippen MR) is 69.8 cm³/mol. The van der Waals surface area contributed by atoms with Crippen molar-refractivity contribution in [1.29, 1.82) is 0 Å². The molecular weight excluding hydrogens is 212 g/mol. The van der Waals surface area contributed by atoms with Gasteiger partial charge in [-0.25, -0.2) is 0 Å². The Morgan fingerprint density at radius 3 is 3.00 bits per heavy atom. The Morgan fingerprint density at radius 1 is 1.47 bits per heavy atom. The molecule has 3 nitrogen and oxygen atoms in total. The Morgan fingerprint density at radius 2 is 2.35 bits per heavy atom. The molecular formula is C14H24N2O. The normalized spacial score (nSPS) is 24.9. The van der Waals surface area contributed by atoms with Crippen LogP contribution in [0.15, 0.2) is 12.2 Å². The van der Waals surface area contributed by atoms with Crippen molar-refractivity contribution in [2.45, 2.75) is 32.1 Å². The summed E-state index contributed by atoms with van der Waals surface area (Å²) in [6, 6.07) is 0. The molecule has 0 saturated carbocycles. The molecule has 1 fully saturated rings. The first-order valence-corrected chi connectivity index (χ1v) is 6.87. The minimum Gasteiger partial charge on any atom is -0.341 e. The molecule has 0 unspecified atom stereocenters. The molecule has 1 amide bonds. The lowest BCUT2D eigenvalue weighted by atomic mass is 9.94. The van der Waals surface area contributed by atoms with Crippen molar-refractivity contribution in [3.05, 3.63) is 12.2 Å². The molecule has 1 atom stereocenters. The van der Waals surface area contributed by atoms with Crippen molar-refractivity contribution in [3.8, 4) is 0 Å². The van der Waals surface area contributed by atoms with Crippen LogP contribution in [0.2, 0.25) is 0 Å². The molecule has 0 bridgehead atoms. The molecule has 0 spiro atoms. The molecule has 96 valence electrons. The van der Waals surface area contributed by atoms with Crippen LogP contribution >= 0.6 is 0 Å². The van der Waals surface area contributed by atoms with Gasteiger partial charge < -0.3 is 9.80 Å². The quantitative estimate of drug-likeness (QED) is 0.681. The molecule has 2 aliphatic rings. The fourth-order valence-corrected chi connectivity index (χ4v) is 2.79. The Balaban J connectivity index is 1.64. The third-order valence-corrected chi connectivity index (χ3v) is 3.87. The molecule has 0 aromatic heterocycles. The number of carbonyl (C=O) groups is 1. The van der Waals surface area contributed by atoms with E-state index in [9.17, 15) is 4.79 Å². The summed E-state index contributed by atoms with van der Waals surface area (Å²) in [5.41, 5.74) is 0. The average molecular weight is 236 g/mol. The van der Waals surface area contributed by atoms with E-state index in [4.69, 9.17) is 0 Å². The number of likely N-dealkylation sites (N-methyl/N-ethyl adjacent to an activating group) is 1. The second-order valence-corrected chi connectivity index (χ2v) is 5.40. The summed E-state index contributed by atoms with van der Waals surface area (Å²) in [7, 11) is 2.18. The number of nitrogens with zero attached hydrogens (tertiary/aromatic N) is 2. The van der Waals surface area contributed by atoms with Crippen LogP contribution in [0.25, 0.3) is 0 Å². The van der Waals surface area contributed by atoms with Crippen LogP contribution in [0.4, 0.5) is 0 Å². The van der Waals surface area contributed by atoms with Crippen LogP contribution in [0.5, 0.6) is 0 Å². The lowest BCUT2D eigenvalue weighted by Gasteiger charge is -2.26. The summed E-state index contributed by atoms with van der Waals surface area (Å²) >= 11 is 0. The van der Waals surface area contributed by atoms with Gasteiger partial charge in [0.25, 0.3) is 0 Å². The number of rotatable bonds is 5. The van der Waals surface area contributed by atoms with Crippen molar-refractivity contribution in [2.75, 3.05) is 33.2 Å². The number of allylic oxidation sites excluding steroid dienone is 2. The van der Waals surface area contributed by atoms with Crippen LogP contribution in [-0.2, 0) is 4.79 Å². The van der Waals surface area contributed by atoms with E-state index < -0.39 is 0 Å². The maximum absolute atomic E-state index is 11.5. The van der Waals surface area contributed by atoms with Gasteiger partial charge in [0.15, 0.2) is 0 Å². The van der Waals surface area contributed by atoms with E-state index in [2.05, 4.69) is 24.1 Å². The first-order chi connectivity index (χ1) is 8.25. The molecule has 0 aromatic rings. The number of carbonyl (C=O) groups excluding carboxylic acids is 1. The van der Waals surface area contributed by atoms with Gasteiger partial charge in [0.2, 0.25) is 5.91 Å². The third kappa shape index (κ3) is 3.84. The zero-order valence-corrected chi connectivity index (χ0v) is 10.9. The summed E-state index contributed by atoms with van der Waals surface area (Å²) in [6.07, 6.45) is 10.2. The predicted octanol–water partition coefficient (Wildman–Crippen LogP) is 1.90. The zero-order chi connectivity index (χ0) is 12.1. The highest BCUT2D eigenvalue weighted by atomic mass is 16.2. The maximum Gasteiger partial charge on any atom is 0.222 e. The summed E-state index contributed by atoms with van der Waals surface area (Å²) < 4.78 is 0. The molecule has 2 rings (SSSR count). The van der Waals surface area contributed by atoms with Crippen molar-refractivity contribution in [1.82, 2.24) is 9.80 Å². The van der Waals surface area contributed by atoms with Gasteiger partial charge in [-0.3, -0.25) is 4.79 Å². The van der Waals surface area contributed by atoms with E-state index in [1.54, 1.807) is 0 Å². The van der Waals surface area contributed by atoms with E-state index in [0.29, 0.717) is 5.91 Å². The highest BCUT2D eigenvalue weighted by molar-refractivity contribution is 5.78. The molecule has 1 heterocycles. The van der Waals surface area contributed by atoms with Gasteiger partial charge in [-0.2, -0.15) is 0 Å². The Bertz CT molecular complexity index is 288. The van der Waals surface area contributed by atoms with Crippen LogP contribution in [0, 0.1) is 5.92 Å². The van der Waals surface area contributed by atoms with Crippen LogP contribution in [0.3, 0.4) is 0 Å². The average Bonchev–Trinajstić information content (AvgIpc) is 2.74. The van der Waals surface area contributed by atoms with Gasteiger partial charge >= 0.3 is 0 Å². The highest BCUT2D eigenvalue weighted by Gasteiger charge is 2.20. The van der Waals surface area contributed by atoms with Crippen LogP contribution in [0.1, 0.15) is 32.1 Å². The molecule has 1 aliphatic carbocycles. The maximum atomic E-state index is 11.5. The lowest BCUT2D eigenvalue weighted by molar-refractivity contribution is -0.127. The van der Waals surface area contributed by atoms with Crippen molar-refractivity contribution < 1.29 is 4.79 Å².